The minimum Gasteiger partial charge on any atom is -0.462 e. The molecule has 22 heavy (non-hydrogen) atoms. The third-order valence-corrected chi connectivity index (χ3v) is 4.01. The monoisotopic (exact) mass is 308 g/mol. The van der Waals surface area contributed by atoms with Gasteiger partial charge in [0.2, 0.25) is 0 Å². The lowest BCUT2D eigenvalue weighted by molar-refractivity contribution is -0.140. The first-order valence-corrected chi connectivity index (χ1v) is 8.32. The van der Waals surface area contributed by atoms with Crippen LogP contribution in [0, 0.1) is 5.92 Å². The molecule has 0 heterocycles. The topological polar surface area (TPSA) is 52.6 Å². The van der Waals surface area contributed by atoms with Crippen molar-refractivity contribution >= 4 is 11.9 Å². The summed E-state index contributed by atoms with van der Waals surface area (Å²) in [5.74, 6) is -0.287. The highest BCUT2D eigenvalue weighted by Gasteiger charge is 2.27. The van der Waals surface area contributed by atoms with Gasteiger partial charge in [-0.15, -0.1) is 0 Å². The van der Waals surface area contributed by atoms with Crippen LogP contribution in [0.5, 0.6) is 0 Å². The first-order chi connectivity index (χ1) is 10.6. The molecule has 0 saturated heterocycles. The van der Waals surface area contributed by atoms with Crippen LogP contribution in [0.2, 0.25) is 0 Å². The lowest BCUT2D eigenvalue weighted by Crippen LogP contribution is -2.16. The number of esters is 2. The zero-order valence-electron chi connectivity index (χ0n) is 13.9. The van der Waals surface area contributed by atoms with Crippen LogP contribution in [-0.2, 0) is 19.1 Å². The molecule has 0 aliphatic heterocycles. The van der Waals surface area contributed by atoms with Crippen molar-refractivity contribution in [2.75, 3.05) is 6.61 Å². The van der Waals surface area contributed by atoms with E-state index in [9.17, 15) is 9.59 Å². The molecule has 124 valence electrons. The quantitative estimate of drug-likeness (QED) is 0.276. The second-order valence-electron chi connectivity index (χ2n) is 5.79. The molecule has 1 aliphatic rings. The van der Waals surface area contributed by atoms with E-state index in [1.165, 1.54) is 0 Å². The zero-order chi connectivity index (χ0) is 16.4. The van der Waals surface area contributed by atoms with Gasteiger partial charge < -0.3 is 9.47 Å². The molecule has 1 saturated carbocycles. The fourth-order valence-corrected chi connectivity index (χ4v) is 2.71. The summed E-state index contributed by atoms with van der Waals surface area (Å²) in [5, 5.41) is 0. The maximum Gasteiger partial charge on any atom is 0.337 e. The van der Waals surface area contributed by atoms with Gasteiger partial charge in [-0.25, -0.2) is 9.59 Å². The molecule has 0 aromatic carbocycles. The SMILES string of the molecule is C=CC(=O)OC(=C(C)C(=O)OCCCCCC)C1CCCC1. The van der Waals surface area contributed by atoms with Gasteiger partial charge in [-0.05, 0) is 26.2 Å². The molecule has 1 rings (SSSR count). The summed E-state index contributed by atoms with van der Waals surface area (Å²) in [6, 6.07) is 0. The van der Waals surface area contributed by atoms with Crippen molar-refractivity contribution in [3.63, 3.8) is 0 Å². The second kappa shape index (κ2) is 10.2. The van der Waals surface area contributed by atoms with Gasteiger partial charge in [-0.2, -0.15) is 0 Å². The standard InChI is InChI=1S/C18H28O4/c1-4-6-7-10-13-21-18(20)14(3)17(22-16(19)5-2)15-11-8-9-12-15/h5,15H,2,4,6-13H2,1,3H3. The molecule has 0 unspecified atom stereocenters. The molecule has 1 aliphatic carbocycles. The van der Waals surface area contributed by atoms with Crippen molar-refractivity contribution in [2.24, 2.45) is 5.92 Å². The smallest absolute Gasteiger partial charge is 0.337 e. The second-order valence-corrected chi connectivity index (χ2v) is 5.79. The summed E-state index contributed by atoms with van der Waals surface area (Å²) in [4.78, 5) is 23.7. The van der Waals surface area contributed by atoms with Crippen molar-refractivity contribution in [3.8, 4) is 0 Å². The van der Waals surface area contributed by atoms with E-state index in [2.05, 4.69) is 13.5 Å². The molecule has 0 amide bonds. The lowest BCUT2D eigenvalue weighted by Gasteiger charge is -2.17. The van der Waals surface area contributed by atoms with Gasteiger partial charge >= 0.3 is 11.9 Å². The van der Waals surface area contributed by atoms with Gasteiger partial charge in [0.25, 0.3) is 0 Å². The Kier molecular flexibility index (Phi) is 8.56. The zero-order valence-corrected chi connectivity index (χ0v) is 13.9. The summed E-state index contributed by atoms with van der Waals surface area (Å²) in [6.07, 6.45) is 9.44. The van der Waals surface area contributed by atoms with Gasteiger partial charge in [0.1, 0.15) is 5.76 Å². The molecular formula is C18H28O4. The number of carbonyl (C=O) groups excluding carboxylic acids is 2. The molecular weight excluding hydrogens is 280 g/mol. The predicted octanol–water partition coefficient (Wildman–Crippen LogP) is 4.30. The van der Waals surface area contributed by atoms with Gasteiger partial charge in [-0.3, -0.25) is 0 Å². The minimum absolute atomic E-state index is 0.136. The van der Waals surface area contributed by atoms with Crippen molar-refractivity contribution < 1.29 is 19.1 Å². The molecule has 0 aromatic rings. The summed E-state index contributed by atoms with van der Waals surface area (Å²) in [7, 11) is 0. The Labute approximate surface area is 133 Å². The van der Waals surface area contributed by atoms with E-state index < -0.39 is 5.97 Å². The highest BCUT2D eigenvalue weighted by Crippen LogP contribution is 2.33. The molecule has 0 atom stereocenters. The molecule has 0 radical (unpaired) electrons. The Morgan fingerprint density at radius 2 is 1.86 bits per heavy atom. The van der Waals surface area contributed by atoms with Gasteiger partial charge in [-0.1, -0.05) is 45.6 Å². The number of allylic oxidation sites excluding steroid dienone is 1. The van der Waals surface area contributed by atoms with Crippen LogP contribution in [0.25, 0.3) is 0 Å². The third kappa shape index (κ3) is 6.04. The molecule has 0 spiro atoms. The largest absolute Gasteiger partial charge is 0.462 e. The van der Waals surface area contributed by atoms with Crippen LogP contribution in [-0.4, -0.2) is 18.5 Å². The van der Waals surface area contributed by atoms with Crippen LogP contribution in [0.3, 0.4) is 0 Å². The van der Waals surface area contributed by atoms with E-state index in [0.29, 0.717) is 17.9 Å². The van der Waals surface area contributed by atoms with Gasteiger partial charge in [0.05, 0.1) is 12.2 Å². The Morgan fingerprint density at radius 1 is 1.18 bits per heavy atom. The Balaban J connectivity index is 2.65. The van der Waals surface area contributed by atoms with Crippen LogP contribution in [0.1, 0.15) is 65.2 Å². The van der Waals surface area contributed by atoms with Gasteiger partial charge in [0.15, 0.2) is 0 Å². The molecule has 0 N–H and O–H groups in total. The van der Waals surface area contributed by atoms with E-state index in [1.54, 1.807) is 6.92 Å². The number of unbranched alkanes of at least 4 members (excludes halogenated alkanes) is 3. The van der Waals surface area contributed by atoms with Crippen molar-refractivity contribution in [3.05, 3.63) is 24.0 Å². The maximum absolute atomic E-state index is 12.1. The van der Waals surface area contributed by atoms with Crippen LogP contribution < -0.4 is 0 Å². The normalized spacial score (nSPS) is 16.1. The van der Waals surface area contributed by atoms with Gasteiger partial charge in [0, 0.05) is 12.0 Å². The number of hydrogen-bond donors (Lipinski definition) is 0. The molecule has 0 aromatic heterocycles. The van der Waals surface area contributed by atoms with Crippen LogP contribution in [0.4, 0.5) is 0 Å². The molecule has 0 bridgehead atoms. The summed E-state index contributed by atoms with van der Waals surface area (Å²) in [6.45, 7) is 7.65. The Morgan fingerprint density at radius 3 is 2.45 bits per heavy atom. The van der Waals surface area contributed by atoms with Crippen molar-refractivity contribution in [1.82, 2.24) is 0 Å². The van der Waals surface area contributed by atoms with Crippen molar-refractivity contribution in [2.45, 2.75) is 65.2 Å². The molecule has 4 heteroatoms. The Bertz CT molecular complexity index is 417. The average molecular weight is 308 g/mol. The maximum atomic E-state index is 12.1. The van der Waals surface area contributed by atoms with E-state index in [4.69, 9.17) is 9.47 Å². The Hall–Kier alpha value is -1.58. The number of carbonyl (C=O) groups is 2. The number of ether oxygens (including phenoxy) is 2. The van der Waals surface area contributed by atoms with Crippen LogP contribution in [0.15, 0.2) is 24.0 Å². The first-order valence-electron chi connectivity index (χ1n) is 8.32. The molecule has 1 fully saturated rings. The first kappa shape index (κ1) is 18.5. The average Bonchev–Trinajstić information content (AvgIpc) is 3.05. The number of hydrogen-bond acceptors (Lipinski definition) is 4. The lowest BCUT2D eigenvalue weighted by atomic mass is 10.0. The van der Waals surface area contributed by atoms with E-state index in [-0.39, 0.29) is 11.9 Å². The summed E-state index contributed by atoms with van der Waals surface area (Å²) in [5.41, 5.74) is 0.414. The highest BCUT2D eigenvalue weighted by molar-refractivity contribution is 5.90. The fraction of sp³-hybridized carbons (Fsp3) is 0.667. The van der Waals surface area contributed by atoms with Crippen molar-refractivity contribution in [1.29, 1.82) is 0 Å². The summed E-state index contributed by atoms with van der Waals surface area (Å²) >= 11 is 0. The van der Waals surface area contributed by atoms with E-state index >= 15 is 0 Å². The fourth-order valence-electron chi connectivity index (χ4n) is 2.71. The third-order valence-electron chi connectivity index (χ3n) is 4.01. The highest BCUT2D eigenvalue weighted by atomic mass is 16.5. The van der Waals surface area contributed by atoms with Crippen LogP contribution >= 0.6 is 0 Å². The predicted molar refractivity (Wildman–Crippen MR) is 86.0 cm³/mol. The molecule has 4 nitrogen and oxygen atoms in total. The van der Waals surface area contributed by atoms with E-state index in [1.807, 2.05) is 0 Å². The van der Waals surface area contributed by atoms with E-state index in [0.717, 1.165) is 57.4 Å². The minimum atomic E-state index is -0.517. The summed E-state index contributed by atoms with van der Waals surface area (Å²) < 4.78 is 10.6. The number of rotatable bonds is 9.